The highest BCUT2D eigenvalue weighted by Gasteiger charge is 2.20. The Morgan fingerprint density at radius 2 is 1.82 bits per heavy atom. The van der Waals surface area contributed by atoms with Gasteiger partial charge in [-0.15, -0.1) is 0 Å². The van der Waals surface area contributed by atoms with Gasteiger partial charge in [0, 0.05) is 16.8 Å². The molecule has 22 heavy (non-hydrogen) atoms. The Bertz CT molecular complexity index is 712. The first-order valence-corrected chi connectivity index (χ1v) is 7.11. The summed E-state index contributed by atoms with van der Waals surface area (Å²) in [6, 6.07) is 11.3. The van der Waals surface area contributed by atoms with Crippen LogP contribution in [0.1, 0.15) is 35.7 Å². The molecule has 5 nitrogen and oxygen atoms in total. The van der Waals surface area contributed by atoms with Crippen LogP contribution in [0.15, 0.2) is 42.5 Å². The van der Waals surface area contributed by atoms with Crippen LogP contribution in [0.2, 0.25) is 5.02 Å². The Kier molecular flexibility index (Phi) is 4.78. The average Bonchev–Trinajstić information content (AvgIpc) is 2.47. The predicted molar refractivity (Wildman–Crippen MR) is 86.6 cm³/mol. The second-order valence-electron chi connectivity index (χ2n) is 5.15. The third-order valence-corrected chi connectivity index (χ3v) is 3.47. The number of nitro groups is 1. The number of hydrogen-bond donors (Lipinski definition) is 1. The molecular weight excluding hydrogens is 304 g/mol. The summed E-state index contributed by atoms with van der Waals surface area (Å²) in [7, 11) is 0. The summed E-state index contributed by atoms with van der Waals surface area (Å²) in [5, 5.41) is 13.9. The maximum Gasteiger partial charge on any atom is 0.283 e. The predicted octanol–water partition coefficient (Wildman–Crippen LogP) is 4.62. The molecule has 0 aliphatic rings. The molecule has 1 N–H and O–H groups in total. The zero-order valence-corrected chi connectivity index (χ0v) is 12.9. The van der Waals surface area contributed by atoms with Crippen LogP contribution < -0.4 is 5.32 Å². The number of nitrogens with zero attached hydrogens (tertiary/aromatic N) is 1. The Morgan fingerprint density at radius 3 is 2.36 bits per heavy atom. The first-order chi connectivity index (χ1) is 10.4. The smallest absolute Gasteiger partial charge is 0.283 e. The SMILES string of the molecule is CC(C)c1ccc(NC(=O)c2ccc(Cl)cc2[N+](=O)[O-])cc1. The lowest BCUT2D eigenvalue weighted by Crippen LogP contribution is -2.14. The van der Waals surface area contributed by atoms with Gasteiger partial charge in [0.05, 0.1) is 4.92 Å². The molecule has 0 aliphatic heterocycles. The molecule has 2 rings (SSSR count). The number of halogens is 1. The zero-order chi connectivity index (χ0) is 16.3. The first kappa shape index (κ1) is 16.0. The number of carbonyl (C=O) groups excluding carboxylic acids is 1. The van der Waals surface area contributed by atoms with Crippen molar-refractivity contribution >= 4 is 28.9 Å². The van der Waals surface area contributed by atoms with E-state index < -0.39 is 10.8 Å². The van der Waals surface area contributed by atoms with Crippen LogP contribution in [-0.4, -0.2) is 10.8 Å². The van der Waals surface area contributed by atoms with E-state index in [-0.39, 0.29) is 16.3 Å². The Hall–Kier alpha value is -2.40. The number of nitrogens with one attached hydrogen (secondary N) is 1. The summed E-state index contributed by atoms with van der Waals surface area (Å²) < 4.78 is 0. The van der Waals surface area contributed by atoms with Crippen molar-refractivity contribution in [2.45, 2.75) is 19.8 Å². The minimum absolute atomic E-state index is 0.0256. The van der Waals surface area contributed by atoms with E-state index in [0.717, 1.165) is 5.56 Å². The van der Waals surface area contributed by atoms with Gasteiger partial charge in [-0.1, -0.05) is 37.6 Å². The highest BCUT2D eigenvalue weighted by Crippen LogP contribution is 2.24. The third kappa shape index (κ3) is 3.62. The highest BCUT2D eigenvalue weighted by molar-refractivity contribution is 6.31. The van der Waals surface area contributed by atoms with Crippen molar-refractivity contribution in [1.29, 1.82) is 0 Å². The van der Waals surface area contributed by atoms with E-state index in [0.29, 0.717) is 11.6 Å². The zero-order valence-electron chi connectivity index (χ0n) is 12.2. The van der Waals surface area contributed by atoms with Gasteiger partial charge in [-0.05, 0) is 35.7 Å². The second-order valence-corrected chi connectivity index (χ2v) is 5.59. The number of hydrogen-bond acceptors (Lipinski definition) is 3. The van der Waals surface area contributed by atoms with Crippen LogP contribution in [0.5, 0.6) is 0 Å². The molecule has 114 valence electrons. The van der Waals surface area contributed by atoms with E-state index in [9.17, 15) is 14.9 Å². The number of carbonyl (C=O) groups is 1. The van der Waals surface area contributed by atoms with E-state index in [4.69, 9.17) is 11.6 Å². The molecule has 0 fully saturated rings. The van der Waals surface area contributed by atoms with Crippen LogP contribution >= 0.6 is 11.6 Å². The molecule has 2 aromatic rings. The fourth-order valence-electron chi connectivity index (χ4n) is 2.00. The van der Waals surface area contributed by atoms with Gasteiger partial charge in [-0.2, -0.15) is 0 Å². The molecule has 0 saturated carbocycles. The van der Waals surface area contributed by atoms with E-state index in [1.165, 1.54) is 18.2 Å². The summed E-state index contributed by atoms with van der Waals surface area (Å²) >= 11 is 5.74. The standard InChI is InChI=1S/C16H15ClN2O3/c1-10(2)11-3-6-13(7-4-11)18-16(20)14-8-5-12(17)9-15(14)19(21)22/h3-10H,1-2H3,(H,18,20). The molecule has 2 aromatic carbocycles. The van der Waals surface area contributed by atoms with Gasteiger partial charge in [0.1, 0.15) is 5.56 Å². The summed E-state index contributed by atoms with van der Waals surface area (Å²) in [4.78, 5) is 22.6. The number of anilines is 1. The summed E-state index contributed by atoms with van der Waals surface area (Å²) in [6.45, 7) is 4.15. The van der Waals surface area contributed by atoms with E-state index in [2.05, 4.69) is 19.2 Å². The highest BCUT2D eigenvalue weighted by atomic mass is 35.5. The molecule has 0 radical (unpaired) electrons. The van der Waals surface area contributed by atoms with Gasteiger partial charge >= 0.3 is 0 Å². The largest absolute Gasteiger partial charge is 0.322 e. The minimum Gasteiger partial charge on any atom is -0.322 e. The fourth-order valence-corrected chi connectivity index (χ4v) is 2.16. The molecular formula is C16H15ClN2O3. The molecule has 0 spiro atoms. The lowest BCUT2D eigenvalue weighted by Gasteiger charge is -2.09. The molecule has 6 heteroatoms. The van der Waals surface area contributed by atoms with Crippen LogP contribution in [-0.2, 0) is 0 Å². The maximum absolute atomic E-state index is 12.2. The third-order valence-electron chi connectivity index (χ3n) is 3.24. The van der Waals surface area contributed by atoms with Crippen molar-refractivity contribution in [3.8, 4) is 0 Å². The molecule has 0 heterocycles. The minimum atomic E-state index is -0.622. The lowest BCUT2D eigenvalue weighted by molar-refractivity contribution is -0.385. The molecule has 0 aliphatic carbocycles. The molecule has 0 bridgehead atoms. The van der Waals surface area contributed by atoms with Crippen molar-refractivity contribution in [2.24, 2.45) is 0 Å². The lowest BCUT2D eigenvalue weighted by atomic mass is 10.0. The number of nitro benzene ring substituents is 1. The molecule has 0 atom stereocenters. The van der Waals surface area contributed by atoms with Crippen molar-refractivity contribution < 1.29 is 9.72 Å². The van der Waals surface area contributed by atoms with Crippen molar-refractivity contribution in [3.05, 3.63) is 68.7 Å². The van der Waals surface area contributed by atoms with Crippen molar-refractivity contribution in [2.75, 3.05) is 5.32 Å². The van der Waals surface area contributed by atoms with Gasteiger partial charge in [-0.25, -0.2) is 0 Å². The normalized spacial score (nSPS) is 10.5. The van der Waals surface area contributed by atoms with E-state index >= 15 is 0 Å². The fraction of sp³-hybridized carbons (Fsp3) is 0.188. The van der Waals surface area contributed by atoms with Gasteiger partial charge in [-0.3, -0.25) is 14.9 Å². The van der Waals surface area contributed by atoms with E-state index in [1.807, 2.05) is 12.1 Å². The summed E-state index contributed by atoms with van der Waals surface area (Å²) in [6.07, 6.45) is 0. The van der Waals surface area contributed by atoms with Crippen LogP contribution in [0.25, 0.3) is 0 Å². The van der Waals surface area contributed by atoms with Crippen LogP contribution in [0, 0.1) is 10.1 Å². The second kappa shape index (κ2) is 6.58. The number of amides is 1. The van der Waals surface area contributed by atoms with Gasteiger partial charge < -0.3 is 5.32 Å². The Labute approximate surface area is 133 Å². The summed E-state index contributed by atoms with van der Waals surface area (Å²) in [5.74, 6) is -0.150. The van der Waals surface area contributed by atoms with E-state index in [1.54, 1.807) is 12.1 Å². The quantitative estimate of drug-likeness (QED) is 0.660. The van der Waals surface area contributed by atoms with Gasteiger partial charge in [0.25, 0.3) is 11.6 Å². The average molecular weight is 319 g/mol. The van der Waals surface area contributed by atoms with Crippen LogP contribution in [0.3, 0.4) is 0 Å². The van der Waals surface area contributed by atoms with Gasteiger partial charge in [0.15, 0.2) is 0 Å². The Balaban J connectivity index is 2.24. The van der Waals surface area contributed by atoms with Crippen molar-refractivity contribution in [3.63, 3.8) is 0 Å². The number of benzene rings is 2. The van der Waals surface area contributed by atoms with Gasteiger partial charge in [0.2, 0.25) is 0 Å². The summed E-state index contributed by atoms with van der Waals surface area (Å²) in [5.41, 5.74) is 1.39. The Morgan fingerprint density at radius 1 is 1.18 bits per heavy atom. The monoisotopic (exact) mass is 318 g/mol. The molecule has 0 aromatic heterocycles. The first-order valence-electron chi connectivity index (χ1n) is 6.73. The molecule has 0 unspecified atom stereocenters. The topological polar surface area (TPSA) is 72.2 Å². The number of rotatable bonds is 4. The molecule has 1 amide bonds. The molecule has 0 saturated heterocycles. The van der Waals surface area contributed by atoms with Crippen LogP contribution in [0.4, 0.5) is 11.4 Å². The van der Waals surface area contributed by atoms with Crippen molar-refractivity contribution in [1.82, 2.24) is 0 Å². The maximum atomic E-state index is 12.2.